The van der Waals surface area contributed by atoms with E-state index in [4.69, 9.17) is 4.74 Å². The van der Waals surface area contributed by atoms with E-state index in [1.54, 1.807) is 28.8 Å². The van der Waals surface area contributed by atoms with Gasteiger partial charge in [-0.05, 0) is 12.1 Å². The fourth-order valence-corrected chi connectivity index (χ4v) is 3.03. The lowest BCUT2D eigenvalue weighted by atomic mass is 10.3. The van der Waals surface area contributed by atoms with E-state index in [2.05, 4.69) is 25.2 Å². The lowest BCUT2D eigenvalue weighted by molar-refractivity contribution is -0.133. The summed E-state index contributed by atoms with van der Waals surface area (Å²) in [7, 11) is 1.78. The van der Waals surface area contributed by atoms with Gasteiger partial charge < -0.3 is 14.5 Å². The third kappa shape index (κ3) is 3.37. The summed E-state index contributed by atoms with van der Waals surface area (Å²) in [5, 5.41) is 8.11. The van der Waals surface area contributed by atoms with E-state index in [0.717, 1.165) is 0 Å². The molecule has 3 aromatic rings. The van der Waals surface area contributed by atoms with Crippen molar-refractivity contribution in [1.82, 2.24) is 29.9 Å². The Kier molecular flexibility index (Phi) is 4.53. The number of carbonyl (C=O) groups excluding carboxylic acids is 1. The number of rotatable bonds is 4. The molecule has 0 spiro atoms. The van der Waals surface area contributed by atoms with E-state index in [1.165, 1.54) is 18.5 Å². The van der Waals surface area contributed by atoms with Crippen molar-refractivity contribution in [3.63, 3.8) is 0 Å². The van der Waals surface area contributed by atoms with Crippen LogP contribution in [0.1, 0.15) is 0 Å². The molecule has 0 radical (unpaired) electrons. The van der Waals surface area contributed by atoms with Crippen LogP contribution in [0, 0.1) is 5.82 Å². The van der Waals surface area contributed by atoms with Crippen LogP contribution in [-0.2, 0) is 11.8 Å². The second kappa shape index (κ2) is 7.14. The first-order chi connectivity index (χ1) is 13.1. The highest BCUT2D eigenvalue weighted by atomic mass is 19.1. The lowest BCUT2D eigenvalue weighted by Gasteiger charge is -2.35. The molecular formula is C17H18FN7O2. The molecular weight excluding hydrogens is 353 g/mol. The number of aromatic nitrogens is 5. The van der Waals surface area contributed by atoms with Crippen LogP contribution >= 0.6 is 0 Å². The minimum atomic E-state index is -0.480. The molecule has 0 aliphatic carbocycles. The smallest absolute Gasteiger partial charge is 0.260 e. The molecule has 1 amide bonds. The highest BCUT2D eigenvalue weighted by Gasteiger charge is 2.24. The molecule has 1 saturated heterocycles. The number of halogens is 1. The average molecular weight is 371 g/mol. The van der Waals surface area contributed by atoms with Gasteiger partial charge in [0, 0.05) is 33.2 Å². The van der Waals surface area contributed by atoms with E-state index >= 15 is 0 Å². The molecule has 1 aliphatic rings. The zero-order valence-corrected chi connectivity index (χ0v) is 14.7. The predicted octanol–water partition coefficient (Wildman–Crippen LogP) is 0.625. The highest BCUT2D eigenvalue weighted by molar-refractivity contribution is 5.83. The van der Waals surface area contributed by atoms with Gasteiger partial charge in [-0.2, -0.15) is 0 Å². The maximum Gasteiger partial charge on any atom is 0.260 e. The van der Waals surface area contributed by atoms with Gasteiger partial charge in [0.1, 0.15) is 6.33 Å². The zero-order valence-electron chi connectivity index (χ0n) is 14.7. The first-order valence-corrected chi connectivity index (χ1v) is 8.54. The molecule has 0 bridgehead atoms. The topological polar surface area (TPSA) is 89.3 Å². The SMILES string of the molecule is Cn1nnc2c(N3CCN(C(=O)COc4ccccc4F)CC3)ncnc21. The Morgan fingerprint density at radius 2 is 1.96 bits per heavy atom. The normalized spacial score (nSPS) is 14.6. The van der Waals surface area contributed by atoms with E-state index < -0.39 is 5.82 Å². The van der Waals surface area contributed by atoms with Gasteiger partial charge in [0.25, 0.3) is 5.91 Å². The van der Waals surface area contributed by atoms with Crippen LogP contribution < -0.4 is 9.64 Å². The molecule has 4 rings (SSSR count). The van der Waals surface area contributed by atoms with Crippen molar-refractivity contribution in [2.45, 2.75) is 0 Å². The fraction of sp³-hybridized carbons (Fsp3) is 0.353. The van der Waals surface area contributed by atoms with Gasteiger partial charge >= 0.3 is 0 Å². The van der Waals surface area contributed by atoms with Crippen molar-refractivity contribution in [3.8, 4) is 5.75 Å². The van der Waals surface area contributed by atoms with Crippen LogP contribution in [0.4, 0.5) is 10.2 Å². The number of para-hydroxylation sites is 1. The van der Waals surface area contributed by atoms with Crippen molar-refractivity contribution in [1.29, 1.82) is 0 Å². The molecule has 1 aliphatic heterocycles. The van der Waals surface area contributed by atoms with Gasteiger partial charge in [0.05, 0.1) is 0 Å². The Bertz CT molecular complexity index is 969. The molecule has 0 unspecified atom stereocenters. The summed E-state index contributed by atoms with van der Waals surface area (Å²) in [6.07, 6.45) is 1.49. The number of hydrogen-bond donors (Lipinski definition) is 0. The Morgan fingerprint density at radius 1 is 1.19 bits per heavy atom. The minimum absolute atomic E-state index is 0.0792. The first-order valence-electron chi connectivity index (χ1n) is 8.54. The Morgan fingerprint density at radius 3 is 2.74 bits per heavy atom. The van der Waals surface area contributed by atoms with Crippen LogP contribution in [0.3, 0.4) is 0 Å². The van der Waals surface area contributed by atoms with Crippen molar-refractivity contribution in [2.24, 2.45) is 7.05 Å². The number of aryl methyl sites for hydroxylation is 1. The maximum absolute atomic E-state index is 13.6. The molecule has 1 aromatic carbocycles. The quantitative estimate of drug-likeness (QED) is 0.664. The zero-order chi connectivity index (χ0) is 18.8. The monoisotopic (exact) mass is 371 g/mol. The van der Waals surface area contributed by atoms with Crippen molar-refractivity contribution < 1.29 is 13.9 Å². The number of ether oxygens (including phenoxy) is 1. The van der Waals surface area contributed by atoms with Gasteiger partial charge in [-0.3, -0.25) is 4.79 Å². The van der Waals surface area contributed by atoms with Gasteiger partial charge in [0.15, 0.2) is 35.2 Å². The number of benzene rings is 1. The van der Waals surface area contributed by atoms with Crippen molar-refractivity contribution in [3.05, 3.63) is 36.4 Å². The standard InChI is InChI=1S/C17H18FN7O2/c1-23-16-15(21-22-23)17(20-11-19-16)25-8-6-24(7-9-25)14(26)10-27-13-5-3-2-4-12(13)18/h2-5,11H,6-10H2,1H3. The van der Waals surface area contributed by atoms with Crippen LogP contribution in [0.15, 0.2) is 30.6 Å². The summed E-state index contributed by atoms with van der Waals surface area (Å²) < 4.78 is 20.5. The Hall–Kier alpha value is -3.30. The lowest BCUT2D eigenvalue weighted by Crippen LogP contribution is -2.50. The summed E-state index contributed by atoms with van der Waals surface area (Å²) >= 11 is 0. The second-order valence-electron chi connectivity index (χ2n) is 6.17. The second-order valence-corrected chi connectivity index (χ2v) is 6.17. The number of nitrogens with zero attached hydrogens (tertiary/aromatic N) is 7. The Labute approximate surface area is 154 Å². The molecule has 10 heteroatoms. The van der Waals surface area contributed by atoms with E-state index in [9.17, 15) is 9.18 Å². The molecule has 0 N–H and O–H groups in total. The molecule has 3 heterocycles. The number of carbonyl (C=O) groups is 1. The molecule has 1 fully saturated rings. The summed E-state index contributed by atoms with van der Waals surface area (Å²) in [4.78, 5) is 24.6. The highest BCUT2D eigenvalue weighted by Crippen LogP contribution is 2.21. The molecule has 140 valence electrons. The van der Waals surface area contributed by atoms with Crippen LogP contribution in [0.2, 0.25) is 0 Å². The molecule has 0 atom stereocenters. The fourth-order valence-electron chi connectivity index (χ4n) is 3.03. The van der Waals surface area contributed by atoms with Gasteiger partial charge in [-0.1, -0.05) is 17.3 Å². The van der Waals surface area contributed by atoms with Crippen LogP contribution in [-0.4, -0.2) is 68.6 Å². The van der Waals surface area contributed by atoms with Crippen LogP contribution in [0.5, 0.6) is 5.75 Å². The molecule has 27 heavy (non-hydrogen) atoms. The van der Waals surface area contributed by atoms with Gasteiger partial charge in [-0.25, -0.2) is 19.0 Å². The van der Waals surface area contributed by atoms with E-state index in [-0.39, 0.29) is 18.3 Å². The van der Waals surface area contributed by atoms with Crippen molar-refractivity contribution >= 4 is 22.9 Å². The number of amides is 1. The average Bonchev–Trinajstić information content (AvgIpc) is 3.08. The number of fused-ring (bicyclic) bond motifs is 1. The summed E-state index contributed by atoms with van der Waals surface area (Å²) in [5.41, 5.74) is 1.31. The molecule has 0 saturated carbocycles. The summed E-state index contributed by atoms with van der Waals surface area (Å²) in [5.74, 6) is 0.135. The number of anilines is 1. The minimum Gasteiger partial charge on any atom is -0.481 e. The Balaban J connectivity index is 1.37. The van der Waals surface area contributed by atoms with E-state index in [1.807, 2.05) is 0 Å². The third-order valence-corrected chi connectivity index (χ3v) is 4.49. The largest absolute Gasteiger partial charge is 0.481 e. The third-order valence-electron chi connectivity index (χ3n) is 4.49. The summed E-state index contributed by atoms with van der Waals surface area (Å²) in [6.45, 7) is 2.06. The van der Waals surface area contributed by atoms with Gasteiger partial charge in [-0.15, -0.1) is 5.10 Å². The molecule has 9 nitrogen and oxygen atoms in total. The summed E-state index contributed by atoms with van der Waals surface area (Å²) in [6, 6.07) is 6.04. The van der Waals surface area contributed by atoms with Crippen molar-refractivity contribution in [2.75, 3.05) is 37.7 Å². The predicted molar refractivity (Wildman–Crippen MR) is 94.8 cm³/mol. The number of hydrogen-bond acceptors (Lipinski definition) is 7. The number of piperazine rings is 1. The van der Waals surface area contributed by atoms with E-state index in [0.29, 0.717) is 43.2 Å². The first kappa shape index (κ1) is 17.1. The maximum atomic E-state index is 13.6. The molecule has 2 aromatic heterocycles. The van der Waals surface area contributed by atoms with Gasteiger partial charge in [0.2, 0.25) is 0 Å². The van der Waals surface area contributed by atoms with Crippen LogP contribution in [0.25, 0.3) is 11.2 Å².